The lowest BCUT2D eigenvalue weighted by Gasteiger charge is -2.32. The van der Waals surface area contributed by atoms with Crippen molar-refractivity contribution in [1.29, 1.82) is 0 Å². The minimum Gasteiger partial charge on any atom is -0.495 e. The van der Waals surface area contributed by atoms with Crippen molar-refractivity contribution in [3.8, 4) is 5.75 Å². The first-order valence-corrected chi connectivity index (χ1v) is 9.52. The Kier molecular flexibility index (Phi) is 5.33. The summed E-state index contributed by atoms with van der Waals surface area (Å²) in [4.78, 5) is 39.0. The molecule has 0 fully saturated rings. The van der Waals surface area contributed by atoms with Gasteiger partial charge in [-0.05, 0) is 23.8 Å². The Labute approximate surface area is 177 Å². The van der Waals surface area contributed by atoms with Crippen molar-refractivity contribution in [2.45, 2.75) is 6.04 Å². The molecule has 3 amide bonds. The number of hydrogen-bond donors (Lipinski definition) is 2. The van der Waals surface area contributed by atoms with E-state index in [1.54, 1.807) is 18.2 Å². The SMILES string of the molecule is COc1ccc(Cl)cc1NC(=O)CN1C(=O)N[C@H](c2ccccc2)C2=C1COC2=O. The molecule has 0 saturated carbocycles. The van der Waals surface area contributed by atoms with Crippen LogP contribution < -0.4 is 15.4 Å². The molecule has 1 atom stereocenters. The van der Waals surface area contributed by atoms with E-state index in [2.05, 4.69) is 10.6 Å². The van der Waals surface area contributed by atoms with Crippen LogP contribution in [0.3, 0.4) is 0 Å². The molecule has 2 aliphatic rings. The molecule has 154 valence electrons. The van der Waals surface area contributed by atoms with E-state index in [1.807, 2.05) is 30.3 Å². The number of esters is 1. The highest BCUT2D eigenvalue weighted by Crippen LogP contribution is 2.35. The van der Waals surface area contributed by atoms with Gasteiger partial charge in [0.2, 0.25) is 5.91 Å². The van der Waals surface area contributed by atoms with E-state index in [0.29, 0.717) is 27.7 Å². The van der Waals surface area contributed by atoms with Crippen LogP contribution >= 0.6 is 11.6 Å². The van der Waals surface area contributed by atoms with Crippen molar-refractivity contribution in [2.24, 2.45) is 0 Å². The van der Waals surface area contributed by atoms with Gasteiger partial charge in [-0.3, -0.25) is 9.69 Å². The van der Waals surface area contributed by atoms with Gasteiger partial charge in [0.1, 0.15) is 18.9 Å². The smallest absolute Gasteiger partial charge is 0.338 e. The Morgan fingerprint density at radius 3 is 2.77 bits per heavy atom. The van der Waals surface area contributed by atoms with E-state index in [1.165, 1.54) is 12.0 Å². The van der Waals surface area contributed by atoms with Crippen LogP contribution in [0.4, 0.5) is 10.5 Å². The summed E-state index contributed by atoms with van der Waals surface area (Å²) in [5.41, 5.74) is 1.84. The maximum Gasteiger partial charge on any atom is 0.338 e. The third kappa shape index (κ3) is 3.69. The Morgan fingerprint density at radius 1 is 1.27 bits per heavy atom. The van der Waals surface area contributed by atoms with Crippen LogP contribution in [0.5, 0.6) is 5.75 Å². The van der Waals surface area contributed by atoms with E-state index in [9.17, 15) is 14.4 Å². The number of carbonyl (C=O) groups excluding carboxylic acids is 3. The van der Waals surface area contributed by atoms with Gasteiger partial charge in [-0.15, -0.1) is 0 Å². The van der Waals surface area contributed by atoms with Crippen LogP contribution in [-0.4, -0.2) is 43.1 Å². The number of ether oxygens (including phenoxy) is 2. The molecular weight excluding hydrogens is 410 g/mol. The summed E-state index contributed by atoms with van der Waals surface area (Å²) in [6.45, 7) is -0.378. The predicted octanol–water partition coefficient (Wildman–Crippen LogP) is 2.86. The number of amides is 3. The molecule has 2 heterocycles. The standard InChI is InChI=1S/C21H18ClN3O5/c1-29-16-8-7-13(22)9-14(16)23-17(26)10-25-15-11-30-20(27)18(15)19(24-21(25)28)12-5-3-2-4-6-12/h2-9,19H,10-11H2,1H3,(H,23,26)(H,24,28)/t19-/m1/s1. The maximum absolute atomic E-state index is 12.8. The maximum atomic E-state index is 12.8. The highest BCUT2D eigenvalue weighted by Gasteiger charge is 2.42. The number of carbonyl (C=O) groups is 3. The summed E-state index contributed by atoms with van der Waals surface area (Å²) in [7, 11) is 1.47. The summed E-state index contributed by atoms with van der Waals surface area (Å²) >= 11 is 5.99. The van der Waals surface area contributed by atoms with Crippen molar-refractivity contribution >= 4 is 35.2 Å². The molecule has 0 bridgehead atoms. The lowest BCUT2D eigenvalue weighted by Crippen LogP contribution is -2.49. The molecule has 9 heteroatoms. The fourth-order valence-corrected chi connectivity index (χ4v) is 3.66. The molecule has 0 spiro atoms. The second-order valence-electron chi connectivity index (χ2n) is 6.71. The van der Waals surface area contributed by atoms with Gasteiger partial charge in [-0.1, -0.05) is 41.9 Å². The fraction of sp³-hybridized carbons (Fsp3) is 0.190. The average Bonchev–Trinajstić information content (AvgIpc) is 3.12. The topological polar surface area (TPSA) is 97.0 Å². The minimum atomic E-state index is -0.629. The first-order valence-electron chi connectivity index (χ1n) is 9.14. The summed E-state index contributed by atoms with van der Waals surface area (Å²) in [5, 5.41) is 5.90. The summed E-state index contributed by atoms with van der Waals surface area (Å²) < 4.78 is 10.4. The van der Waals surface area contributed by atoms with Gasteiger partial charge >= 0.3 is 12.0 Å². The number of rotatable bonds is 5. The highest BCUT2D eigenvalue weighted by molar-refractivity contribution is 6.31. The Bertz CT molecular complexity index is 1050. The Morgan fingerprint density at radius 2 is 2.03 bits per heavy atom. The molecule has 0 saturated heterocycles. The molecule has 0 aliphatic carbocycles. The predicted molar refractivity (Wildman–Crippen MR) is 109 cm³/mol. The number of benzene rings is 2. The van der Waals surface area contributed by atoms with Crippen LogP contribution in [0.1, 0.15) is 11.6 Å². The van der Waals surface area contributed by atoms with Crippen LogP contribution in [0.2, 0.25) is 5.02 Å². The van der Waals surface area contributed by atoms with E-state index in [-0.39, 0.29) is 13.2 Å². The Balaban J connectivity index is 1.59. The van der Waals surface area contributed by atoms with Gasteiger partial charge in [0, 0.05) is 5.02 Å². The number of urea groups is 1. The van der Waals surface area contributed by atoms with Crippen LogP contribution in [0, 0.1) is 0 Å². The van der Waals surface area contributed by atoms with Crippen molar-refractivity contribution in [3.05, 3.63) is 70.4 Å². The summed E-state index contributed by atoms with van der Waals surface area (Å²) in [6.07, 6.45) is 0. The lowest BCUT2D eigenvalue weighted by atomic mass is 9.96. The molecule has 30 heavy (non-hydrogen) atoms. The third-order valence-corrected chi connectivity index (χ3v) is 5.10. The second kappa shape index (κ2) is 8.08. The largest absolute Gasteiger partial charge is 0.495 e. The van der Waals surface area contributed by atoms with E-state index in [0.717, 1.165) is 5.56 Å². The van der Waals surface area contributed by atoms with Gasteiger partial charge in [-0.2, -0.15) is 0 Å². The summed E-state index contributed by atoms with van der Waals surface area (Å²) in [5.74, 6) is -0.560. The van der Waals surface area contributed by atoms with Gasteiger partial charge in [0.15, 0.2) is 0 Å². The summed E-state index contributed by atoms with van der Waals surface area (Å²) in [6, 6.07) is 12.8. The monoisotopic (exact) mass is 427 g/mol. The molecule has 2 aliphatic heterocycles. The van der Waals surface area contributed by atoms with Crippen LogP contribution in [-0.2, 0) is 14.3 Å². The van der Waals surface area contributed by atoms with Crippen molar-refractivity contribution in [2.75, 3.05) is 25.6 Å². The molecule has 8 nitrogen and oxygen atoms in total. The number of hydrogen-bond acceptors (Lipinski definition) is 5. The van der Waals surface area contributed by atoms with Gasteiger partial charge < -0.3 is 20.1 Å². The zero-order chi connectivity index (χ0) is 21.3. The molecule has 0 radical (unpaired) electrons. The first kappa shape index (κ1) is 19.8. The Hall–Kier alpha value is -3.52. The fourth-order valence-electron chi connectivity index (χ4n) is 3.49. The quantitative estimate of drug-likeness (QED) is 0.715. The van der Waals surface area contributed by atoms with E-state index < -0.39 is 23.9 Å². The van der Waals surface area contributed by atoms with Gasteiger partial charge in [0.05, 0.1) is 30.1 Å². The number of methoxy groups -OCH3 is 1. The first-order chi connectivity index (χ1) is 14.5. The molecule has 2 N–H and O–H groups in total. The highest BCUT2D eigenvalue weighted by atomic mass is 35.5. The molecule has 0 aromatic heterocycles. The molecular formula is C21H18ClN3O5. The molecule has 2 aromatic rings. The molecule has 0 unspecified atom stereocenters. The van der Waals surface area contributed by atoms with Gasteiger partial charge in [-0.25, -0.2) is 9.59 Å². The minimum absolute atomic E-state index is 0.0707. The van der Waals surface area contributed by atoms with Crippen LogP contribution in [0.15, 0.2) is 59.8 Å². The van der Waals surface area contributed by atoms with Crippen LogP contribution in [0.25, 0.3) is 0 Å². The average molecular weight is 428 g/mol. The zero-order valence-corrected chi connectivity index (χ0v) is 16.7. The third-order valence-electron chi connectivity index (χ3n) is 4.87. The number of nitrogens with one attached hydrogen (secondary N) is 2. The molecule has 4 rings (SSSR count). The van der Waals surface area contributed by atoms with Crippen molar-refractivity contribution < 1.29 is 23.9 Å². The zero-order valence-electron chi connectivity index (χ0n) is 16.0. The van der Waals surface area contributed by atoms with E-state index in [4.69, 9.17) is 21.1 Å². The van der Waals surface area contributed by atoms with Crippen molar-refractivity contribution in [1.82, 2.24) is 10.2 Å². The second-order valence-corrected chi connectivity index (χ2v) is 7.15. The molecule has 2 aromatic carbocycles. The number of halogens is 1. The normalized spacial score (nSPS) is 17.9. The van der Waals surface area contributed by atoms with Gasteiger partial charge in [0.25, 0.3) is 0 Å². The number of nitrogens with zero attached hydrogens (tertiary/aromatic N) is 1. The lowest BCUT2D eigenvalue weighted by molar-refractivity contribution is -0.136. The number of anilines is 1. The van der Waals surface area contributed by atoms with E-state index >= 15 is 0 Å². The van der Waals surface area contributed by atoms with Crippen molar-refractivity contribution in [3.63, 3.8) is 0 Å². The number of cyclic esters (lactones) is 1.